The van der Waals surface area contributed by atoms with Gasteiger partial charge in [-0.15, -0.1) is 12.3 Å². The monoisotopic (exact) mass is 277 g/mol. The van der Waals surface area contributed by atoms with Crippen molar-refractivity contribution in [1.82, 2.24) is 4.31 Å². The summed E-state index contributed by atoms with van der Waals surface area (Å²) in [4.78, 5) is 0.270. The molecule has 4 heteroatoms. The lowest BCUT2D eigenvalue weighted by Crippen LogP contribution is -2.25. The molecule has 0 saturated carbocycles. The van der Waals surface area contributed by atoms with Gasteiger partial charge in [0.2, 0.25) is 0 Å². The first-order valence-electron chi connectivity index (χ1n) is 5.97. The lowest BCUT2D eigenvalue weighted by Gasteiger charge is -2.17. The van der Waals surface area contributed by atoms with Gasteiger partial charge in [0.05, 0.1) is 17.6 Å². The molecule has 0 spiro atoms. The Balaban J connectivity index is 3.23. The number of nitrogens with zero attached hydrogens (tertiary/aromatic N) is 1. The van der Waals surface area contributed by atoms with Crippen LogP contribution in [0, 0.1) is 6.92 Å². The third-order valence-corrected chi connectivity index (χ3v) is 4.17. The summed E-state index contributed by atoms with van der Waals surface area (Å²) in [5, 5.41) is 0. The van der Waals surface area contributed by atoms with Crippen molar-refractivity contribution in [2.75, 3.05) is 6.54 Å². The summed E-state index contributed by atoms with van der Waals surface area (Å²) in [6, 6.07) is 6.78. The lowest BCUT2D eigenvalue weighted by atomic mass is 10.2. The molecule has 0 aliphatic heterocycles. The standard InChI is InChI=1S/C15H19NO2S/c1-5-11-16(12-10-13(2)3)19(17,18)15-8-6-14(4)7-9-15/h5-9,12H,1,11H2,2-4H3. The molecule has 0 aliphatic carbocycles. The van der Waals surface area contributed by atoms with Crippen LogP contribution in [0.3, 0.4) is 0 Å². The van der Waals surface area contributed by atoms with E-state index >= 15 is 0 Å². The van der Waals surface area contributed by atoms with Gasteiger partial charge in [-0.2, -0.15) is 0 Å². The molecule has 0 N–H and O–H groups in total. The van der Waals surface area contributed by atoms with E-state index in [9.17, 15) is 8.42 Å². The summed E-state index contributed by atoms with van der Waals surface area (Å²) < 4.78 is 26.1. The van der Waals surface area contributed by atoms with Gasteiger partial charge in [-0.1, -0.05) is 23.8 Å². The Morgan fingerprint density at radius 3 is 2.37 bits per heavy atom. The van der Waals surface area contributed by atoms with Crippen molar-refractivity contribution in [3.8, 4) is 0 Å². The van der Waals surface area contributed by atoms with Crippen molar-refractivity contribution in [1.29, 1.82) is 0 Å². The Bertz CT molecular complexity index is 602. The van der Waals surface area contributed by atoms with E-state index in [1.165, 1.54) is 10.5 Å². The van der Waals surface area contributed by atoms with E-state index in [1.54, 1.807) is 30.3 Å². The van der Waals surface area contributed by atoms with Crippen molar-refractivity contribution >= 4 is 10.0 Å². The van der Waals surface area contributed by atoms with E-state index in [-0.39, 0.29) is 11.4 Å². The molecule has 0 amide bonds. The Morgan fingerprint density at radius 1 is 1.32 bits per heavy atom. The Kier molecular flexibility index (Phi) is 5.16. The largest absolute Gasteiger partial charge is 0.264 e. The second kappa shape index (κ2) is 6.41. The molecule has 0 heterocycles. The van der Waals surface area contributed by atoms with Crippen LogP contribution in [-0.4, -0.2) is 19.3 Å². The highest BCUT2D eigenvalue weighted by molar-refractivity contribution is 7.89. The smallest absolute Gasteiger partial charge is 0.262 e. The SMILES string of the molecule is C=CCN(C=C=C(C)C)S(=O)(=O)c1ccc(C)cc1. The first kappa shape index (κ1) is 15.3. The van der Waals surface area contributed by atoms with Crippen molar-refractivity contribution < 1.29 is 8.42 Å². The highest BCUT2D eigenvalue weighted by Gasteiger charge is 2.20. The van der Waals surface area contributed by atoms with E-state index in [0.717, 1.165) is 11.1 Å². The number of rotatable bonds is 5. The molecule has 1 aromatic carbocycles. The zero-order valence-corrected chi connectivity index (χ0v) is 12.4. The van der Waals surface area contributed by atoms with Gasteiger partial charge in [-0.25, -0.2) is 8.42 Å². The summed E-state index contributed by atoms with van der Waals surface area (Å²) in [7, 11) is -3.54. The molecule has 1 rings (SSSR count). The van der Waals surface area contributed by atoms with Gasteiger partial charge in [-0.05, 0) is 38.5 Å². The van der Waals surface area contributed by atoms with Crippen LogP contribution in [0.2, 0.25) is 0 Å². The molecule has 19 heavy (non-hydrogen) atoms. The van der Waals surface area contributed by atoms with Crippen LogP contribution >= 0.6 is 0 Å². The molecule has 102 valence electrons. The molecule has 0 fully saturated rings. The maximum Gasteiger partial charge on any atom is 0.264 e. The molecule has 0 aromatic heterocycles. The number of sulfonamides is 1. The van der Waals surface area contributed by atoms with Crippen molar-refractivity contribution in [3.63, 3.8) is 0 Å². The van der Waals surface area contributed by atoms with Crippen molar-refractivity contribution in [2.24, 2.45) is 0 Å². The number of allylic oxidation sites excluding steroid dienone is 1. The van der Waals surface area contributed by atoms with Crippen LogP contribution in [0.5, 0.6) is 0 Å². The number of hydrogen-bond donors (Lipinski definition) is 0. The normalized spacial score (nSPS) is 10.5. The van der Waals surface area contributed by atoms with Crippen molar-refractivity contribution in [2.45, 2.75) is 25.7 Å². The molecular formula is C15H19NO2S. The zero-order valence-electron chi connectivity index (χ0n) is 11.6. The zero-order chi connectivity index (χ0) is 14.5. The molecular weight excluding hydrogens is 258 g/mol. The van der Waals surface area contributed by atoms with E-state index in [0.29, 0.717) is 0 Å². The van der Waals surface area contributed by atoms with Crippen LogP contribution in [0.25, 0.3) is 0 Å². The maximum absolute atomic E-state index is 12.4. The lowest BCUT2D eigenvalue weighted by molar-refractivity contribution is 0.523. The molecule has 0 aliphatic rings. The van der Waals surface area contributed by atoms with Crippen LogP contribution in [0.4, 0.5) is 0 Å². The second-order valence-corrected chi connectivity index (χ2v) is 6.34. The van der Waals surface area contributed by atoms with Gasteiger partial charge in [0, 0.05) is 0 Å². The third kappa shape index (κ3) is 4.12. The topological polar surface area (TPSA) is 37.4 Å². The molecule has 0 radical (unpaired) electrons. The van der Waals surface area contributed by atoms with E-state index < -0.39 is 10.0 Å². The molecule has 0 unspecified atom stereocenters. The predicted molar refractivity (Wildman–Crippen MR) is 78.2 cm³/mol. The van der Waals surface area contributed by atoms with E-state index in [4.69, 9.17) is 0 Å². The molecule has 0 saturated heterocycles. The Morgan fingerprint density at radius 2 is 1.89 bits per heavy atom. The van der Waals surface area contributed by atoms with Gasteiger partial charge in [-0.3, -0.25) is 4.31 Å². The molecule has 0 bridgehead atoms. The number of aryl methyl sites for hydroxylation is 1. The van der Waals surface area contributed by atoms with Gasteiger partial charge >= 0.3 is 0 Å². The van der Waals surface area contributed by atoms with Crippen LogP contribution in [0.1, 0.15) is 19.4 Å². The van der Waals surface area contributed by atoms with E-state index in [2.05, 4.69) is 12.3 Å². The minimum Gasteiger partial charge on any atom is -0.262 e. The highest BCUT2D eigenvalue weighted by atomic mass is 32.2. The van der Waals surface area contributed by atoms with E-state index in [1.807, 2.05) is 20.8 Å². The van der Waals surface area contributed by atoms with Crippen LogP contribution < -0.4 is 0 Å². The maximum atomic E-state index is 12.4. The second-order valence-electron chi connectivity index (χ2n) is 4.45. The van der Waals surface area contributed by atoms with Gasteiger partial charge in [0.15, 0.2) is 0 Å². The first-order valence-corrected chi connectivity index (χ1v) is 7.41. The quantitative estimate of drug-likeness (QED) is 0.612. The average molecular weight is 277 g/mol. The first-order chi connectivity index (χ1) is 8.87. The minimum absolute atomic E-state index is 0.219. The Labute approximate surface area is 115 Å². The summed E-state index contributed by atoms with van der Waals surface area (Å²) in [6.07, 6.45) is 3.00. The van der Waals surface area contributed by atoms with Crippen LogP contribution in [0.15, 0.2) is 59.3 Å². The molecule has 0 atom stereocenters. The number of benzene rings is 1. The Hall–Kier alpha value is -1.77. The fourth-order valence-electron chi connectivity index (χ4n) is 1.39. The van der Waals surface area contributed by atoms with Gasteiger partial charge < -0.3 is 0 Å². The average Bonchev–Trinajstić information content (AvgIpc) is 2.34. The summed E-state index contributed by atoms with van der Waals surface area (Å²) >= 11 is 0. The molecule has 1 aromatic rings. The fourth-order valence-corrected chi connectivity index (χ4v) is 2.64. The number of hydrogen-bond acceptors (Lipinski definition) is 2. The predicted octanol–water partition coefficient (Wildman–Crippen LogP) is 3.25. The highest BCUT2D eigenvalue weighted by Crippen LogP contribution is 2.16. The van der Waals surface area contributed by atoms with Crippen LogP contribution in [-0.2, 0) is 10.0 Å². The fraction of sp³-hybridized carbons (Fsp3) is 0.267. The minimum atomic E-state index is -3.54. The van der Waals surface area contributed by atoms with Crippen molar-refractivity contribution in [3.05, 3.63) is 60.0 Å². The summed E-state index contributed by atoms with van der Waals surface area (Å²) in [5.74, 6) is 0. The van der Waals surface area contributed by atoms with Gasteiger partial charge in [0.25, 0.3) is 10.0 Å². The van der Waals surface area contributed by atoms with Gasteiger partial charge in [0.1, 0.15) is 0 Å². The summed E-state index contributed by atoms with van der Waals surface area (Å²) in [5.41, 5.74) is 4.84. The third-order valence-electron chi connectivity index (χ3n) is 2.43. The molecule has 3 nitrogen and oxygen atoms in total. The summed E-state index contributed by atoms with van der Waals surface area (Å²) in [6.45, 7) is 9.45.